The van der Waals surface area contributed by atoms with Crippen molar-refractivity contribution in [3.8, 4) is 0 Å². The van der Waals surface area contributed by atoms with Crippen LogP contribution in [0, 0.1) is 0 Å². The van der Waals surface area contributed by atoms with Crippen molar-refractivity contribution in [1.29, 1.82) is 0 Å². The van der Waals surface area contributed by atoms with Crippen LogP contribution in [0.2, 0.25) is 0 Å². The number of hydrogen-bond acceptors (Lipinski definition) is 3. The third-order valence-corrected chi connectivity index (χ3v) is 20.1. The molecule has 45 heavy (non-hydrogen) atoms. The fourth-order valence-corrected chi connectivity index (χ4v) is 19.2. The van der Waals surface area contributed by atoms with Gasteiger partial charge in [0.25, 0.3) is 0 Å². The zero-order valence-corrected chi connectivity index (χ0v) is 31.8. The second-order valence-corrected chi connectivity index (χ2v) is 21.2. The van der Waals surface area contributed by atoms with Crippen LogP contribution in [0.15, 0.2) is 97.1 Å². The van der Waals surface area contributed by atoms with Gasteiger partial charge in [0.05, 0.1) is 0 Å². The molecule has 5 heteroatoms. The Bertz CT molecular complexity index is 1360. The van der Waals surface area contributed by atoms with Gasteiger partial charge < -0.3 is 4.74 Å². The molecule has 2 aliphatic heterocycles. The molecule has 0 saturated carbocycles. The molecule has 0 unspecified atom stereocenters. The van der Waals surface area contributed by atoms with Gasteiger partial charge in [-0.25, -0.2) is 0 Å². The molecule has 2 radical (unpaired) electrons. The van der Waals surface area contributed by atoms with Crippen molar-refractivity contribution in [1.82, 2.24) is 0 Å². The van der Waals surface area contributed by atoms with E-state index in [4.69, 9.17) is 4.74 Å². The van der Waals surface area contributed by atoms with E-state index in [0.29, 0.717) is 23.7 Å². The monoisotopic (exact) mass is 678 g/mol. The predicted molar refractivity (Wildman–Crippen MR) is 198 cm³/mol. The zero-order chi connectivity index (χ0) is 32.1. The summed E-state index contributed by atoms with van der Waals surface area (Å²) in [5.74, 6) is 1.84. The summed E-state index contributed by atoms with van der Waals surface area (Å²) in [4.78, 5) is 0. The summed E-state index contributed by atoms with van der Waals surface area (Å²) < 4.78 is 10.9. The van der Waals surface area contributed by atoms with Gasteiger partial charge in [-0.2, -0.15) is 0 Å². The summed E-state index contributed by atoms with van der Waals surface area (Å²) in [6.45, 7) is 20.9. The summed E-state index contributed by atoms with van der Waals surface area (Å²) in [6.07, 6.45) is 2.56. The molecule has 0 atom stereocenters. The molecule has 2 aliphatic rings. The minimum atomic E-state index is -2.62. The van der Waals surface area contributed by atoms with Crippen LogP contribution >= 0.6 is 0 Å². The Morgan fingerprint density at radius 3 is 1.09 bits per heavy atom. The molecule has 2 fully saturated rings. The fourth-order valence-electron chi connectivity index (χ4n) is 6.80. The molecular weight excluding hydrogens is 625 g/mol. The van der Waals surface area contributed by atoms with Crippen LogP contribution in [0.1, 0.15) is 114 Å². The van der Waals surface area contributed by atoms with Gasteiger partial charge in [-0.3, -0.25) is 0 Å². The van der Waals surface area contributed by atoms with Crippen molar-refractivity contribution < 1.29 is 4.74 Å². The van der Waals surface area contributed by atoms with Gasteiger partial charge in [0, 0.05) is 13.2 Å². The summed E-state index contributed by atoms with van der Waals surface area (Å²) >= 11 is -0.667. The Balaban J connectivity index is 0.000000729. The minimum absolute atomic E-state index is 0.460. The maximum atomic E-state index is 4.94. The Labute approximate surface area is 281 Å². The van der Waals surface area contributed by atoms with E-state index in [1.165, 1.54) is 56.8 Å². The van der Waals surface area contributed by atoms with Crippen LogP contribution in [0.3, 0.4) is 0 Å². The molecule has 0 N–H and O–H groups in total. The van der Waals surface area contributed by atoms with Crippen molar-refractivity contribution in [2.24, 2.45) is 0 Å². The number of hydrogen-bond donors (Lipinski definition) is 0. The van der Waals surface area contributed by atoms with E-state index in [0.717, 1.165) is 13.2 Å². The standard InChI is InChI=1S/C36H44GeN2Si.C4H8O/c1-25(2)31-21-15-22-32(26(3)4)35(31)38-37-39(36-33(27(5)6)23-16-24-34(36)28(7)8)40(38,29-17-11-9-12-18-29)30-19-13-10-14-20-30;1-2-4-5-3-1/h9-28H,1-8H3;1-4H2. The van der Waals surface area contributed by atoms with E-state index >= 15 is 0 Å². The van der Waals surface area contributed by atoms with Crippen molar-refractivity contribution >= 4 is 46.0 Å². The van der Waals surface area contributed by atoms with E-state index in [1.807, 2.05) is 0 Å². The summed E-state index contributed by atoms with van der Waals surface area (Å²) in [5.41, 5.74) is 8.96. The number of benzene rings is 4. The molecule has 0 amide bonds. The Morgan fingerprint density at radius 2 is 0.822 bits per heavy atom. The number of nitrogens with zero attached hydrogens (tertiary/aromatic N) is 2. The zero-order valence-electron chi connectivity index (χ0n) is 28.7. The number of rotatable bonds is 8. The van der Waals surface area contributed by atoms with Crippen molar-refractivity contribution in [2.45, 2.75) is 91.9 Å². The quantitative estimate of drug-likeness (QED) is 0.173. The van der Waals surface area contributed by atoms with Gasteiger partial charge in [0.1, 0.15) is 0 Å². The van der Waals surface area contributed by atoms with Crippen LogP contribution in [0.25, 0.3) is 0 Å². The van der Waals surface area contributed by atoms with Gasteiger partial charge in [0.2, 0.25) is 0 Å². The molecule has 0 bridgehead atoms. The van der Waals surface area contributed by atoms with E-state index in [-0.39, 0.29) is 0 Å². The number of ether oxygens (including phenoxy) is 1. The van der Waals surface area contributed by atoms with Crippen LogP contribution in [-0.2, 0) is 4.74 Å². The van der Waals surface area contributed by atoms with Crippen molar-refractivity contribution in [3.05, 3.63) is 119 Å². The van der Waals surface area contributed by atoms with Gasteiger partial charge in [-0.05, 0) is 12.8 Å². The average molecular weight is 678 g/mol. The fraction of sp³-hybridized carbons (Fsp3) is 0.400. The second kappa shape index (κ2) is 14.7. The SMILES string of the molecule is C1CCOC1.CC(C)c1cccc(C(C)C)c1[N]1[Ge][N](c2c(C(C)C)cccc2C(C)C)[Si]1(c1ccccc1)c1ccccc1. The van der Waals surface area contributed by atoms with Crippen LogP contribution in [0.5, 0.6) is 0 Å². The normalized spacial score (nSPS) is 15.9. The molecule has 4 aromatic rings. The third kappa shape index (κ3) is 6.57. The molecular formula is C40H52GeN2OSi. The van der Waals surface area contributed by atoms with E-state index in [9.17, 15) is 0 Å². The Morgan fingerprint density at radius 1 is 0.489 bits per heavy atom. The Hall–Kier alpha value is -2.80. The summed E-state index contributed by atoms with van der Waals surface area (Å²) in [6, 6.07) is 37.1. The van der Waals surface area contributed by atoms with Gasteiger partial charge in [-0.1, -0.05) is 0 Å². The predicted octanol–water partition coefficient (Wildman–Crippen LogP) is 9.09. The van der Waals surface area contributed by atoms with Gasteiger partial charge >= 0.3 is 251 Å². The maximum absolute atomic E-state index is 4.94. The van der Waals surface area contributed by atoms with Gasteiger partial charge in [0.15, 0.2) is 0 Å². The first-order valence-corrected chi connectivity index (χ1v) is 20.8. The van der Waals surface area contributed by atoms with Crippen molar-refractivity contribution in [3.63, 3.8) is 0 Å². The first-order chi connectivity index (χ1) is 21.7. The summed E-state index contributed by atoms with van der Waals surface area (Å²) in [5, 5.41) is 2.94. The molecule has 2 heterocycles. The third-order valence-electron chi connectivity index (χ3n) is 9.16. The van der Waals surface area contributed by atoms with Crippen molar-refractivity contribution in [2.75, 3.05) is 20.3 Å². The molecule has 6 rings (SSSR count). The first-order valence-electron chi connectivity index (χ1n) is 17.0. The molecule has 0 aliphatic carbocycles. The van der Waals surface area contributed by atoms with Crippen LogP contribution in [0.4, 0.5) is 11.4 Å². The number of para-hydroxylation sites is 2. The first kappa shape index (κ1) is 33.6. The molecule has 4 aromatic carbocycles. The molecule has 236 valence electrons. The Kier molecular flexibility index (Phi) is 11.0. The van der Waals surface area contributed by atoms with Crippen LogP contribution in [-0.4, -0.2) is 37.5 Å². The van der Waals surface area contributed by atoms with E-state index in [1.54, 1.807) is 0 Å². The second-order valence-electron chi connectivity index (χ2n) is 13.7. The molecule has 0 spiro atoms. The number of anilines is 2. The molecule has 0 aromatic heterocycles. The summed E-state index contributed by atoms with van der Waals surface area (Å²) in [7, 11) is -2.62. The van der Waals surface area contributed by atoms with E-state index in [2.05, 4.69) is 159 Å². The van der Waals surface area contributed by atoms with Crippen LogP contribution < -0.4 is 17.4 Å². The van der Waals surface area contributed by atoms with Gasteiger partial charge in [-0.15, -0.1) is 0 Å². The topological polar surface area (TPSA) is 15.7 Å². The molecule has 2 saturated heterocycles. The average Bonchev–Trinajstić information content (AvgIpc) is 3.62. The van der Waals surface area contributed by atoms with E-state index < -0.39 is 24.3 Å². The molecule has 3 nitrogen and oxygen atoms in total.